The standard InChI is InChI=1S/C28H31FN6O2/c1-35(2)13-15-36-20-10-11-24(29)23(16-20)21-4-3-5-22-26(21)33-28(34-27(22)30)32-19-8-6-18(7-9-19)25-17-31-12-14-37-25/h3-11,16,25,31H,12-15,17H2,1-2H3,(H3,30,32,33,34). The number of anilines is 3. The summed E-state index contributed by atoms with van der Waals surface area (Å²) in [5.74, 6) is 0.869. The third-order valence-corrected chi connectivity index (χ3v) is 6.26. The number of morpholine rings is 1. The number of rotatable bonds is 8. The van der Waals surface area contributed by atoms with Crippen LogP contribution in [-0.4, -0.2) is 61.8 Å². The first-order valence-corrected chi connectivity index (χ1v) is 12.3. The van der Waals surface area contributed by atoms with E-state index < -0.39 is 0 Å². The van der Waals surface area contributed by atoms with Crippen LogP contribution in [0.1, 0.15) is 11.7 Å². The molecule has 0 saturated carbocycles. The van der Waals surface area contributed by atoms with Gasteiger partial charge >= 0.3 is 0 Å². The van der Waals surface area contributed by atoms with Crippen molar-refractivity contribution in [3.8, 4) is 16.9 Å². The molecule has 0 spiro atoms. The van der Waals surface area contributed by atoms with Gasteiger partial charge in [0.2, 0.25) is 5.95 Å². The molecule has 0 bridgehead atoms. The van der Waals surface area contributed by atoms with Crippen molar-refractivity contribution in [3.05, 3.63) is 72.0 Å². The maximum Gasteiger partial charge on any atom is 0.229 e. The topological polar surface area (TPSA) is 97.6 Å². The third-order valence-electron chi connectivity index (χ3n) is 6.26. The smallest absolute Gasteiger partial charge is 0.229 e. The zero-order valence-electron chi connectivity index (χ0n) is 21.0. The van der Waals surface area contributed by atoms with Gasteiger partial charge in [0, 0.05) is 41.8 Å². The van der Waals surface area contributed by atoms with Gasteiger partial charge in [-0.1, -0.05) is 24.3 Å². The molecule has 0 amide bonds. The number of likely N-dealkylation sites (N-methyl/N-ethyl adjacent to an activating group) is 1. The van der Waals surface area contributed by atoms with Gasteiger partial charge in [0.1, 0.15) is 24.0 Å². The largest absolute Gasteiger partial charge is 0.492 e. The quantitative estimate of drug-likeness (QED) is 0.327. The van der Waals surface area contributed by atoms with E-state index in [1.807, 2.05) is 61.5 Å². The highest BCUT2D eigenvalue weighted by molar-refractivity contribution is 5.99. The number of nitrogens with zero attached hydrogens (tertiary/aromatic N) is 3. The maximum atomic E-state index is 15.0. The van der Waals surface area contributed by atoms with Gasteiger partial charge in [-0.25, -0.2) is 9.37 Å². The molecule has 8 nitrogen and oxygen atoms in total. The van der Waals surface area contributed by atoms with Crippen LogP contribution in [0.5, 0.6) is 5.75 Å². The fourth-order valence-corrected chi connectivity index (χ4v) is 4.29. The first kappa shape index (κ1) is 24.9. The van der Waals surface area contributed by atoms with Crippen LogP contribution in [0.3, 0.4) is 0 Å². The van der Waals surface area contributed by atoms with E-state index in [1.54, 1.807) is 12.1 Å². The lowest BCUT2D eigenvalue weighted by atomic mass is 10.0. The molecule has 3 aromatic carbocycles. The van der Waals surface area contributed by atoms with Gasteiger partial charge in [-0.15, -0.1) is 0 Å². The van der Waals surface area contributed by atoms with Crippen LogP contribution >= 0.6 is 0 Å². The lowest BCUT2D eigenvalue weighted by molar-refractivity contribution is 0.0277. The Morgan fingerprint density at radius 2 is 1.95 bits per heavy atom. The Balaban J connectivity index is 1.44. The fraction of sp³-hybridized carbons (Fsp3) is 0.286. The van der Waals surface area contributed by atoms with Crippen molar-refractivity contribution in [3.63, 3.8) is 0 Å². The van der Waals surface area contributed by atoms with Crippen LogP contribution in [0.25, 0.3) is 22.0 Å². The molecular weight excluding hydrogens is 471 g/mol. The van der Waals surface area contributed by atoms with Gasteiger partial charge in [0.05, 0.1) is 18.2 Å². The monoisotopic (exact) mass is 502 g/mol. The van der Waals surface area contributed by atoms with Crippen LogP contribution in [0.4, 0.5) is 21.8 Å². The minimum absolute atomic E-state index is 0.0374. The normalized spacial score (nSPS) is 15.7. The van der Waals surface area contributed by atoms with Crippen molar-refractivity contribution in [2.75, 3.05) is 58.0 Å². The Kier molecular flexibility index (Phi) is 7.45. The van der Waals surface area contributed by atoms with Crippen molar-refractivity contribution in [1.82, 2.24) is 20.2 Å². The van der Waals surface area contributed by atoms with Gasteiger partial charge < -0.3 is 30.7 Å². The average Bonchev–Trinajstić information content (AvgIpc) is 2.90. The summed E-state index contributed by atoms with van der Waals surface area (Å²) in [7, 11) is 3.95. The minimum atomic E-state index is -0.367. The number of ether oxygens (including phenoxy) is 2. The Bertz CT molecular complexity index is 1370. The molecule has 1 saturated heterocycles. The molecule has 1 atom stereocenters. The van der Waals surface area contributed by atoms with E-state index in [-0.39, 0.29) is 11.9 Å². The SMILES string of the molecule is CN(C)CCOc1ccc(F)c(-c2cccc3c(N)nc(Nc4ccc(C5CNCCO5)cc4)nc23)c1. The number of hydrogen-bond acceptors (Lipinski definition) is 8. The third kappa shape index (κ3) is 5.80. The molecule has 1 unspecified atom stereocenters. The van der Waals surface area contributed by atoms with Crippen molar-refractivity contribution in [2.45, 2.75) is 6.10 Å². The molecule has 1 aliphatic heterocycles. The summed E-state index contributed by atoms with van der Waals surface area (Å²) in [4.78, 5) is 11.2. The number of aromatic nitrogens is 2. The Morgan fingerprint density at radius 3 is 2.70 bits per heavy atom. The second-order valence-corrected chi connectivity index (χ2v) is 9.24. The number of nitrogens with one attached hydrogen (secondary N) is 2. The molecule has 9 heteroatoms. The lowest BCUT2D eigenvalue weighted by Gasteiger charge is -2.24. The maximum absolute atomic E-state index is 15.0. The predicted molar refractivity (Wildman–Crippen MR) is 145 cm³/mol. The van der Waals surface area contributed by atoms with E-state index >= 15 is 4.39 Å². The summed E-state index contributed by atoms with van der Waals surface area (Å²) >= 11 is 0. The summed E-state index contributed by atoms with van der Waals surface area (Å²) in [5, 5.41) is 7.22. The minimum Gasteiger partial charge on any atom is -0.492 e. The fourth-order valence-electron chi connectivity index (χ4n) is 4.29. The number of fused-ring (bicyclic) bond motifs is 1. The summed E-state index contributed by atoms with van der Waals surface area (Å²) < 4.78 is 26.7. The zero-order valence-corrected chi connectivity index (χ0v) is 21.0. The van der Waals surface area contributed by atoms with Crippen LogP contribution in [0.15, 0.2) is 60.7 Å². The number of nitrogen functional groups attached to an aromatic ring is 1. The molecule has 5 rings (SSSR count). The van der Waals surface area contributed by atoms with E-state index in [1.165, 1.54) is 6.07 Å². The molecule has 192 valence electrons. The number of hydrogen-bond donors (Lipinski definition) is 3. The van der Waals surface area contributed by atoms with Crippen LogP contribution in [0.2, 0.25) is 0 Å². The highest BCUT2D eigenvalue weighted by atomic mass is 19.1. The van der Waals surface area contributed by atoms with Gasteiger partial charge in [-0.05, 0) is 56.1 Å². The number of para-hydroxylation sites is 1. The van der Waals surface area contributed by atoms with E-state index in [0.29, 0.717) is 52.8 Å². The Labute approximate surface area is 215 Å². The molecular formula is C28H31FN6O2. The predicted octanol–water partition coefficient (Wildman–Crippen LogP) is 4.36. The zero-order chi connectivity index (χ0) is 25.8. The summed E-state index contributed by atoms with van der Waals surface area (Å²) in [5.41, 5.74) is 9.77. The second kappa shape index (κ2) is 11.1. The molecule has 1 fully saturated rings. The molecule has 1 aliphatic rings. The Hall–Kier alpha value is -3.79. The molecule has 37 heavy (non-hydrogen) atoms. The summed E-state index contributed by atoms with van der Waals surface area (Å²) in [6, 6.07) is 18.2. The van der Waals surface area contributed by atoms with E-state index in [2.05, 4.69) is 15.6 Å². The lowest BCUT2D eigenvalue weighted by Crippen LogP contribution is -2.33. The van der Waals surface area contributed by atoms with Crippen molar-refractivity contribution < 1.29 is 13.9 Å². The van der Waals surface area contributed by atoms with Crippen molar-refractivity contribution in [2.24, 2.45) is 0 Å². The molecule has 2 heterocycles. The van der Waals surface area contributed by atoms with Gasteiger partial charge in [-0.2, -0.15) is 4.98 Å². The molecule has 0 radical (unpaired) electrons. The molecule has 1 aromatic heterocycles. The first-order valence-electron chi connectivity index (χ1n) is 12.3. The van der Waals surface area contributed by atoms with Gasteiger partial charge in [-0.3, -0.25) is 0 Å². The summed E-state index contributed by atoms with van der Waals surface area (Å²) in [6.07, 6.45) is 0.0374. The number of nitrogens with two attached hydrogens (primary N) is 1. The first-order chi connectivity index (χ1) is 18.0. The van der Waals surface area contributed by atoms with E-state index in [4.69, 9.17) is 20.2 Å². The summed E-state index contributed by atoms with van der Waals surface area (Å²) in [6.45, 7) is 3.61. The average molecular weight is 503 g/mol. The number of benzene rings is 3. The van der Waals surface area contributed by atoms with Crippen LogP contribution in [0, 0.1) is 5.82 Å². The van der Waals surface area contributed by atoms with Crippen molar-refractivity contribution in [1.29, 1.82) is 0 Å². The second-order valence-electron chi connectivity index (χ2n) is 9.24. The molecule has 0 aliphatic carbocycles. The van der Waals surface area contributed by atoms with Gasteiger partial charge in [0.15, 0.2) is 0 Å². The van der Waals surface area contributed by atoms with Crippen LogP contribution < -0.4 is 21.1 Å². The molecule has 4 N–H and O–H groups in total. The highest BCUT2D eigenvalue weighted by Crippen LogP contribution is 2.34. The van der Waals surface area contributed by atoms with E-state index in [9.17, 15) is 0 Å². The van der Waals surface area contributed by atoms with Crippen molar-refractivity contribution >= 4 is 28.4 Å². The molecule has 4 aromatic rings. The highest BCUT2D eigenvalue weighted by Gasteiger charge is 2.17. The van der Waals surface area contributed by atoms with E-state index in [0.717, 1.165) is 30.9 Å². The number of halogens is 1. The van der Waals surface area contributed by atoms with Crippen LogP contribution in [-0.2, 0) is 4.74 Å². The Morgan fingerprint density at radius 1 is 1.11 bits per heavy atom. The van der Waals surface area contributed by atoms with Gasteiger partial charge in [0.25, 0.3) is 0 Å².